The lowest BCUT2D eigenvalue weighted by molar-refractivity contribution is -0.384. The molecular weight excluding hydrogens is 502 g/mol. The minimum absolute atomic E-state index is 0.0856. The molecule has 2 heterocycles. The summed E-state index contributed by atoms with van der Waals surface area (Å²) in [5, 5.41) is 14.7. The number of carbonyl (C=O) groups excluding carboxylic acids is 2. The van der Waals surface area contributed by atoms with Gasteiger partial charge in [0, 0.05) is 23.4 Å². The largest absolute Gasteiger partial charge is 0.465 e. The van der Waals surface area contributed by atoms with E-state index in [-0.39, 0.29) is 29.4 Å². The number of ether oxygens (including phenoxy) is 2. The van der Waals surface area contributed by atoms with Crippen molar-refractivity contribution in [3.8, 4) is 11.4 Å². The molecule has 0 unspecified atom stereocenters. The van der Waals surface area contributed by atoms with E-state index in [4.69, 9.17) is 14.5 Å². The number of nitrogens with one attached hydrogen (secondary N) is 1. The molecule has 0 saturated heterocycles. The van der Waals surface area contributed by atoms with Gasteiger partial charge in [0.2, 0.25) is 5.82 Å². The molecule has 0 aliphatic heterocycles. The lowest BCUT2D eigenvalue weighted by atomic mass is 10.1. The van der Waals surface area contributed by atoms with Gasteiger partial charge in [0.05, 0.1) is 28.6 Å². The predicted octanol–water partition coefficient (Wildman–Crippen LogP) is 5.81. The van der Waals surface area contributed by atoms with E-state index in [2.05, 4.69) is 10.3 Å². The Morgan fingerprint density at radius 1 is 1.08 bits per heavy atom. The summed E-state index contributed by atoms with van der Waals surface area (Å²) in [6.45, 7) is 8.94. The Bertz CT molecular complexity index is 1600. The molecule has 0 amide bonds. The number of rotatable bonds is 6. The Hall–Kier alpha value is -4.80. The number of hydrogen-bond acceptors (Lipinski definition) is 9. The number of pyridine rings is 1. The van der Waals surface area contributed by atoms with E-state index in [1.54, 1.807) is 83.1 Å². The molecule has 202 valence electrons. The fourth-order valence-corrected chi connectivity index (χ4v) is 4.24. The Kier molecular flexibility index (Phi) is 7.35. The van der Waals surface area contributed by atoms with Gasteiger partial charge in [-0.15, -0.1) is 0 Å². The third kappa shape index (κ3) is 5.71. The van der Waals surface area contributed by atoms with Crippen LogP contribution in [0.1, 0.15) is 48.0 Å². The van der Waals surface area contributed by atoms with Crippen LogP contribution in [0.4, 0.5) is 16.3 Å². The number of aromatic nitrogens is 3. The quantitative estimate of drug-likeness (QED) is 0.186. The number of carbonyl (C=O) groups is 2. The summed E-state index contributed by atoms with van der Waals surface area (Å²) >= 11 is 0. The summed E-state index contributed by atoms with van der Waals surface area (Å²) in [6, 6.07) is 13.6. The van der Waals surface area contributed by atoms with Crippen molar-refractivity contribution < 1.29 is 24.0 Å². The van der Waals surface area contributed by atoms with Gasteiger partial charge < -0.3 is 14.8 Å². The van der Waals surface area contributed by atoms with Crippen LogP contribution < -0.4 is 5.32 Å². The molecule has 0 bridgehead atoms. The number of aryl methyl sites for hydroxylation is 2. The normalized spacial score (nSPS) is 11.3. The zero-order chi connectivity index (χ0) is 28.5. The molecule has 11 heteroatoms. The molecule has 0 fully saturated rings. The summed E-state index contributed by atoms with van der Waals surface area (Å²) in [5.74, 6) is -0.178. The van der Waals surface area contributed by atoms with E-state index in [9.17, 15) is 19.7 Å². The maximum absolute atomic E-state index is 13.3. The first-order valence-electron chi connectivity index (χ1n) is 12.2. The van der Waals surface area contributed by atoms with Crippen LogP contribution in [0.5, 0.6) is 0 Å². The van der Waals surface area contributed by atoms with Crippen molar-refractivity contribution in [3.05, 3.63) is 81.0 Å². The number of nitrogens with zero attached hydrogens (tertiary/aromatic N) is 4. The Labute approximate surface area is 224 Å². The second-order valence-corrected chi connectivity index (χ2v) is 10.00. The highest BCUT2D eigenvalue weighted by Crippen LogP contribution is 2.31. The van der Waals surface area contributed by atoms with Crippen LogP contribution in [0, 0.1) is 24.0 Å². The van der Waals surface area contributed by atoms with E-state index in [0.717, 1.165) is 5.56 Å². The molecule has 4 rings (SSSR count). The zero-order valence-corrected chi connectivity index (χ0v) is 22.6. The average Bonchev–Trinajstić information content (AvgIpc) is 3.24. The maximum atomic E-state index is 13.3. The van der Waals surface area contributed by atoms with Gasteiger partial charge in [0.25, 0.3) is 0 Å². The highest BCUT2D eigenvalue weighted by Gasteiger charge is 2.27. The lowest BCUT2D eigenvalue weighted by Gasteiger charge is -2.20. The molecule has 4 aromatic rings. The molecule has 1 N–H and O–H groups in total. The smallest absolute Gasteiger partial charge is 0.420 e. The van der Waals surface area contributed by atoms with E-state index in [1.807, 2.05) is 0 Å². The Balaban J connectivity index is 1.80. The number of esters is 1. The van der Waals surface area contributed by atoms with Crippen molar-refractivity contribution in [1.82, 2.24) is 14.5 Å². The number of benzene rings is 2. The molecule has 2 aromatic heterocycles. The average molecular weight is 532 g/mol. The third-order valence-corrected chi connectivity index (χ3v) is 5.82. The number of anilines is 1. The first-order chi connectivity index (χ1) is 18.4. The highest BCUT2D eigenvalue weighted by atomic mass is 16.6. The van der Waals surface area contributed by atoms with Gasteiger partial charge in [-0.2, -0.15) is 0 Å². The van der Waals surface area contributed by atoms with Gasteiger partial charge in [-0.3, -0.25) is 10.1 Å². The predicted molar refractivity (Wildman–Crippen MR) is 146 cm³/mol. The summed E-state index contributed by atoms with van der Waals surface area (Å²) in [5.41, 5.74) is 2.64. The van der Waals surface area contributed by atoms with Crippen LogP contribution in [-0.4, -0.2) is 44.2 Å². The molecular formula is C28H29N5O6. The molecule has 0 spiro atoms. The number of hydrogen-bond donors (Lipinski definition) is 1. The Morgan fingerprint density at radius 2 is 1.79 bits per heavy atom. The summed E-state index contributed by atoms with van der Waals surface area (Å²) < 4.78 is 11.9. The van der Waals surface area contributed by atoms with E-state index in [1.165, 1.54) is 11.7 Å². The molecule has 0 saturated carbocycles. The standard InChI is InChI=1S/C28H29N5O6/c1-16-13-17(2)30-24(23(16)33(36)37)29-15-18-11-12-22-21(14-18)31-25(32(22)27(35)39-28(3,4)5)19-9-7-8-10-20(19)26(34)38-6/h7-14H,15H2,1-6H3,(H,29,30). The monoisotopic (exact) mass is 531 g/mol. The first kappa shape index (κ1) is 27.2. The summed E-state index contributed by atoms with van der Waals surface area (Å²) in [4.78, 5) is 46.0. The molecule has 0 aliphatic rings. The molecule has 0 atom stereocenters. The van der Waals surface area contributed by atoms with E-state index >= 15 is 0 Å². The van der Waals surface area contributed by atoms with Crippen molar-refractivity contribution in [1.29, 1.82) is 0 Å². The second kappa shape index (κ2) is 10.5. The number of fused-ring (bicyclic) bond motifs is 1. The van der Waals surface area contributed by atoms with Crippen molar-refractivity contribution in [2.24, 2.45) is 0 Å². The highest BCUT2D eigenvalue weighted by molar-refractivity contribution is 5.99. The number of methoxy groups -OCH3 is 1. The topological polar surface area (TPSA) is 138 Å². The van der Waals surface area contributed by atoms with Crippen molar-refractivity contribution in [3.63, 3.8) is 0 Å². The SMILES string of the molecule is COC(=O)c1ccccc1-c1nc2cc(CNc3nc(C)cc(C)c3[N+](=O)[O-])ccc2n1C(=O)OC(C)(C)C. The lowest BCUT2D eigenvalue weighted by Crippen LogP contribution is -2.27. The van der Waals surface area contributed by atoms with E-state index < -0.39 is 22.6 Å². The second-order valence-electron chi connectivity index (χ2n) is 10.00. The first-order valence-corrected chi connectivity index (χ1v) is 12.2. The fraction of sp³-hybridized carbons (Fsp3) is 0.286. The van der Waals surface area contributed by atoms with Crippen LogP contribution >= 0.6 is 0 Å². The summed E-state index contributed by atoms with van der Waals surface area (Å²) in [7, 11) is 1.28. The Morgan fingerprint density at radius 3 is 2.46 bits per heavy atom. The maximum Gasteiger partial charge on any atom is 0.420 e. The van der Waals surface area contributed by atoms with E-state index in [0.29, 0.717) is 27.9 Å². The third-order valence-electron chi connectivity index (χ3n) is 5.82. The molecule has 0 aliphatic carbocycles. The van der Waals surface area contributed by atoms with Crippen LogP contribution in [0.2, 0.25) is 0 Å². The van der Waals surface area contributed by atoms with Crippen LogP contribution in [-0.2, 0) is 16.0 Å². The number of nitro groups is 1. The van der Waals surface area contributed by atoms with Crippen molar-refractivity contribution in [2.45, 2.75) is 46.8 Å². The number of imidazole rings is 1. The summed E-state index contributed by atoms with van der Waals surface area (Å²) in [6.07, 6.45) is -0.652. The van der Waals surface area contributed by atoms with Gasteiger partial charge in [-0.25, -0.2) is 24.1 Å². The minimum atomic E-state index is -0.773. The van der Waals surface area contributed by atoms with Gasteiger partial charge >= 0.3 is 17.7 Å². The zero-order valence-electron chi connectivity index (χ0n) is 22.6. The van der Waals surface area contributed by atoms with Crippen LogP contribution in [0.3, 0.4) is 0 Å². The fourth-order valence-electron chi connectivity index (χ4n) is 4.24. The van der Waals surface area contributed by atoms with Crippen molar-refractivity contribution >= 4 is 34.6 Å². The van der Waals surface area contributed by atoms with Crippen LogP contribution in [0.25, 0.3) is 22.4 Å². The molecule has 39 heavy (non-hydrogen) atoms. The van der Waals surface area contributed by atoms with Gasteiger partial charge in [-0.05, 0) is 64.4 Å². The van der Waals surface area contributed by atoms with Crippen LogP contribution in [0.15, 0.2) is 48.5 Å². The molecule has 2 aromatic carbocycles. The minimum Gasteiger partial charge on any atom is -0.465 e. The molecule has 11 nitrogen and oxygen atoms in total. The molecule has 0 radical (unpaired) electrons. The van der Waals surface area contributed by atoms with Gasteiger partial charge in [-0.1, -0.05) is 24.3 Å². The van der Waals surface area contributed by atoms with Crippen molar-refractivity contribution in [2.75, 3.05) is 12.4 Å². The van der Waals surface area contributed by atoms with Gasteiger partial charge in [0.1, 0.15) is 5.60 Å². The van der Waals surface area contributed by atoms with Gasteiger partial charge in [0.15, 0.2) is 5.82 Å².